The Balaban J connectivity index is 1.65. The normalized spacial score (nSPS) is 14.9. The van der Waals surface area contributed by atoms with Crippen LogP contribution in [-0.2, 0) is 4.74 Å². The van der Waals surface area contributed by atoms with Gasteiger partial charge in [-0.2, -0.15) is 0 Å². The lowest BCUT2D eigenvalue weighted by Crippen LogP contribution is -2.23. The lowest BCUT2D eigenvalue weighted by Gasteiger charge is -2.22. The molecule has 6 rings (SSSR count). The van der Waals surface area contributed by atoms with Gasteiger partial charge in [0.2, 0.25) is 0 Å². The first-order valence-corrected chi connectivity index (χ1v) is 13.1. The summed E-state index contributed by atoms with van der Waals surface area (Å²) >= 11 is 12.6. The number of rotatable bonds is 4. The fourth-order valence-corrected chi connectivity index (χ4v) is 5.04. The Labute approximate surface area is 229 Å². The quantitative estimate of drug-likeness (QED) is 0.243. The lowest BCUT2D eigenvalue weighted by atomic mass is 10.1. The van der Waals surface area contributed by atoms with Crippen molar-refractivity contribution in [1.29, 1.82) is 0 Å². The molecule has 2 aliphatic heterocycles. The average molecular weight is 548 g/mol. The molecule has 3 aromatic rings. The molecule has 6 nitrogen and oxygen atoms in total. The minimum atomic E-state index is -0.357. The fourth-order valence-electron chi connectivity index (χ4n) is 4.75. The van der Waals surface area contributed by atoms with E-state index in [1.54, 1.807) is 24.4 Å². The summed E-state index contributed by atoms with van der Waals surface area (Å²) < 4.78 is 22.0. The highest BCUT2D eigenvalue weighted by atomic mass is 35.5. The molecular weight excluding hydrogens is 524 g/mol. The van der Waals surface area contributed by atoms with E-state index < -0.39 is 0 Å². The van der Waals surface area contributed by atoms with E-state index in [1.165, 1.54) is 12.1 Å². The van der Waals surface area contributed by atoms with Gasteiger partial charge in [-0.25, -0.2) is 9.37 Å². The van der Waals surface area contributed by atoms with Gasteiger partial charge in [-0.3, -0.25) is 9.98 Å². The second kappa shape index (κ2) is 10.3. The largest absolute Gasteiger partial charge is 0.381 e. The molecule has 9 heteroatoms. The Kier molecular flexibility index (Phi) is 6.74. The zero-order valence-corrected chi connectivity index (χ0v) is 22.1. The Morgan fingerprint density at radius 3 is 2.63 bits per heavy atom. The molecule has 1 saturated heterocycles. The molecule has 192 valence electrons. The highest BCUT2D eigenvalue weighted by Gasteiger charge is 2.19. The summed E-state index contributed by atoms with van der Waals surface area (Å²) in [7, 11) is 0. The highest BCUT2D eigenvalue weighted by molar-refractivity contribution is 6.42. The second-order valence-corrected chi connectivity index (χ2v) is 10.1. The highest BCUT2D eigenvalue weighted by Crippen LogP contribution is 2.33. The molecule has 0 bridgehead atoms. The molecule has 0 spiro atoms. The van der Waals surface area contributed by atoms with Crippen molar-refractivity contribution in [3.63, 3.8) is 0 Å². The second-order valence-electron chi connectivity index (χ2n) is 9.27. The van der Waals surface area contributed by atoms with Gasteiger partial charge >= 0.3 is 0 Å². The van der Waals surface area contributed by atoms with Crippen LogP contribution in [0.2, 0.25) is 10.0 Å². The minimum absolute atomic E-state index is 0.126. The first-order chi connectivity index (χ1) is 18.5. The van der Waals surface area contributed by atoms with Crippen molar-refractivity contribution in [3.8, 4) is 17.1 Å². The Bertz CT molecular complexity index is 1700. The third kappa shape index (κ3) is 4.85. The molecular formula is C29H24Cl2FN5O. The van der Waals surface area contributed by atoms with Crippen LogP contribution >= 0.6 is 23.2 Å². The van der Waals surface area contributed by atoms with Crippen molar-refractivity contribution in [1.82, 2.24) is 14.5 Å². The van der Waals surface area contributed by atoms with Gasteiger partial charge in [-0.1, -0.05) is 23.2 Å². The number of nitrogens with one attached hydrogen (secondary N) is 1. The number of hydrogen-bond acceptors (Lipinski definition) is 5. The number of fused-ring (bicyclic) bond motifs is 2. The number of halogens is 3. The van der Waals surface area contributed by atoms with E-state index in [0.717, 1.165) is 46.6 Å². The van der Waals surface area contributed by atoms with Gasteiger partial charge in [-0.15, -0.1) is 0 Å². The van der Waals surface area contributed by atoms with Gasteiger partial charge in [0.05, 0.1) is 60.9 Å². The van der Waals surface area contributed by atoms with Crippen LogP contribution in [0.15, 0.2) is 71.9 Å². The third-order valence-corrected chi connectivity index (χ3v) is 7.44. The van der Waals surface area contributed by atoms with Crippen molar-refractivity contribution in [2.45, 2.75) is 25.8 Å². The summed E-state index contributed by atoms with van der Waals surface area (Å²) in [5.41, 5.74) is 6.04. The average Bonchev–Trinajstić information content (AvgIpc) is 2.91. The molecule has 3 heterocycles. The van der Waals surface area contributed by atoms with Crippen molar-refractivity contribution in [2.75, 3.05) is 18.5 Å². The predicted molar refractivity (Wildman–Crippen MR) is 149 cm³/mol. The molecule has 0 saturated carbocycles. The number of nitrogens with zero attached hydrogens (tertiary/aromatic N) is 4. The van der Waals surface area contributed by atoms with Crippen LogP contribution < -0.4 is 10.7 Å². The van der Waals surface area contributed by atoms with Gasteiger partial charge in [0.1, 0.15) is 5.82 Å². The van der Waals surface area contributed by atoms with E-state index in [9.17, 15) is 4.39 Å². The van der Waals surface area contributed by atoms with E-state index in [0.29, 0.717) is 40.0 Å². The smallest absolute Gasteiger partial charge is 0.125 e. The van der Waals surface area contributed by atoms with E-state index >= 15 is 0 Å². The molecule has 0 amide bonds. The summed E-state index contributed by atoms with van der Waals surface area (Å²) in [6, 6.07) is 17.9. The van der Waals surface area contributed by atoms with Crippen molar-refractivity contribution >= 4 is 45.6 Å². The van der Waals surface area contributed by atoms with Crippen LogP contribution in [0.1, 0.15) is 18.5 Å². The van der Waals surface area contributed by atoms with E-state index in [1.807, 2.05) is 41.8 Å². The predicted octanol–water partition coefficient (Wildman–Crippen LogP) is 7.10. The van der Waals surface area contributed by atoms with Crippen molar-refractivity contribution < 1.29 is 9.13 Å². The number of anilines is 2. The maximum atomic E-state index is 14.5. The maximum Gasteiger partial charge on any atom is 0.125 e. The Morgan fingerprint density at radius 1 is 1.00 bits per heavy atom. The number of pyridine rings is 1. The third-order valence-electron chi connectivity index (χ3n) is 6.70. The van der Waals surface area contributed by atoms with Gasteiger partial charge in [-0.05, 0) is 74.4 Å². The zero-order valence-electron chi connectivity index (χ0n) is 20.6. The van der Waals surface area contributed by atoms with Crippen LogP contribution in [0.3, 0.4) is 0 Å². The number of hydrogen-bond donors (Lipinski definition) is 1. The molecule has 2 aromatic carbocycles. The van der Waals surface area contributed by atoms with Crippen LogP contribution in [-0.4, -0.2) is 33.8 Å². The standard InChI is InChI=1S/C29H24Cl2FN5O/c1-17-23(3-2-10-33-17)35-25-15-27-29(16-26(25)34-19-8-11-38-12-9-19)37(20-5-6-21(30)22(31)14-20)28-13-18(32)4-7-24(28)36-27/h2-7,10,13-16,19,35H,8-9,11-12H2,1H3. The number of aryl methyl sites for hydroxylation is 1. The molecule has 38 heavy (non-hydrogen) atoms. The Hall–Kier alpha value is -3.52. The first kappa shape index (κ1) is 24.8. The summed E-state index contributed by atoms with van der Waals surface area (Å²) in [5, 5.41) is 5.15. The zero-order chi connectivity index (χ0) is 26.2. The number of aromatic nitrogens is 3. The SMILES string of the molecule is Cc1ncccc1Nc1cc2nc3ccc(F)cc3n(-c3ccc(Cl)c(Cl)c3)c-2cc1=NC1CCOCC1. The molecule has 3 aliphatic rings. The van der Waals surface area contributed by atoms with Crippen molar-refractivity contribution in [3.05, 3.63) is 93.8 Å². The van der Waals surface area contributed by atoms with Gasteiger partial charge in [0.15, 0.2) is 0 Å². The number of ether oxygens (including phenoxy) is 1. The summed E-state index contributed by atoms with van der Waals surface area (Å²) in [6.45, 7) is 3.32. The molecule has 0 unspecified atom stereocenters. The van der Waals surface area contributed by atoms with Gasteiger partial charge < -0.3 is 14.6 Å². The van der Waals surface area contributed by atoms with Crippen LogP contribution in [0.5, 0.6) is 0 Å². The van der Waals surface area contributed by atoms with Crippen molar-refractivity contribution in [2.24, 2.45) is 4.99 Å². The monoisotopic (exact) mass is 547 g/mol. The van der Waals surface area contributed by atoms with E-state index in [4.69, 9.17) is 37.9 Å². The van der Waals surface area contributed by atoms with Crippen LogP contribution in [0, 0.1) is 12.7 Å². The summed E-state index contributed by atoms with van der Waals surface area (Å²) in [6.07, 6.45) is 3.45. The minimum Gasteiger partial charge on any atom is -0.381 e. The Morgan fingerprint density at radius 2 is 1.84 bits per heavy atom. The van der Waals surface area contributed by atoms with Crippen LogP contribution in [0.4, 0.5) is 15.8 Å². The first-order valence-electron chi connectivity index (χ1n) is 12.4. The lowest BCUT2D eigenvalue weighted by molar-refractivity contribution is 0.0864. The number of benzene rings is 3. The molecule has 1 fully saturated rings. The molecule has 1 N–H and O–H groups in total. The molecule has 1 aromatic heterocycles. The van der Waals surface area contributed by atoms with Crippen LogP contribution in [0.25, 0.3) is 28.1 Å². The molecule has 0 radical (unpaired) electrons. The van der Waals surface area contributed by atoms with Gasteiger partial charge in [0, 0.05) is 31.2 Å². The fraction of sp³-hybridized carbons (Fsp3) is 0.207. The topological polar surface area (TPSA) is 64.3 Å². The molecule has 0 atom stereocenters. The molecule has 1 aliphatic carbocycles. The maximum absolute atomic E-state index is 14.5. The summed E-state index contributed by atoms with van der Waals surface area (Å²) in [4.78, 5) is 14.4. The summed E-state index contributed by atoms with van der Waals surface area (Å²) in [5.74, 6) is -0.357. The van der Waals surface area contributed by atoms with Gasteiger partial charge in [0.25, 0.3) is 0 Å². The van der Waals surface area contributed by atoms with E-state index in [2.05, 4.69) is 10.3 Å². The van der Waals surface area contributed by atoms with E-state index in [-0.39, 0.29) is 11.9 Å².